The average molecular weight is 443 g/mol. The maximum Gasteiger partial charge on any atom is 0.339 e. The van der Waals surface area contributed by atoms with Gasteiger partial charge in [-0.25, -0.2) is 9.78 Å². The van der Waals surface area contributed by atoms with Gasteiger partial charge in [0.2, 0.25) is 6.79 Å². The molecule has 168 valence electrons. The Balaban J connectivity index is 1.54. The van der Waals surface area contributed by atoms with Crippen LogP contribution in [0, 0.1) is 5.41 Å². The fourth-order valence-electron chi connectivity index (χ4n) is 4.14. The first kappa shape index (κ1) is 21.2. The molecular formula is C27H25NO5. The standard InChI is InChI=1S/C27H25NO5/c1-27(2,3)23(29)14-31-26(30)24-18-6-4-5-7-20(18)28-25-17(9-10-19(24)25)12-16-8-11-21-22(13-16)33-15-32-21/h4-8,11-13H,9-10,14-15H2,1-3H3/b17-12-. The lowest BCUT2D eigenvalue weighted by Crippen LogP contribution is -2.26. The topological polar surface area (TPSA) is 74.7 Å². The molecule has 0 spiro atoms. The summed E-state index contributed by atoms with van der Waals surface area (Å²) in [6.45, 7) is 5.43. The molecule has 1 aliphatic carbocycles. The highest BCUT2D eigenvalue weighted by molar-refractivity contribution is 6.07. The van der Waals surface area contributed by atoms with Crippen LogP contribution in [0.2, 0.25) is 0 Å². The number of para-hydroxylation sites is 1. The number of Topliss-reactive ketones (excluding diaryl/α,β-unsaturated/α-hetero) is 1. The van der Waals surface area contributed by atoms with Crippen LogP contribution in [0.15, 0.2) is 42.5 Å². The zero-order valence-corrected chi connectivity index (χ0v) is 18.9. The number of pyridine rings is 1. The van der Waals surface area contributed by atoms with E-state index in [1.54, 1.807) is 0 Å². The van der Waals surface area contributed by atoms with Gasteiger partial charge in [0.1, 0.15) is 0 Å². The van der Waals surface area contributed by atoms with E-state index in [2.05, 4.69) is 6.08 Å². The van der Waals surface area contributed by atoms with Crippen molar-refractivity contribution < 1.29 is 23.8 Å². The van der Waals surface area contributed by atoms with Crippen LogP contribution in [0.25, 0.3) is 22.6 Å². The van der Waals surface area contributed by atoms with E-state index in [1.165, 1.54) is 0 Å². The predicted octanol–water partition coefficient (Wildman–Crippen LogP) is 5.22. The second-order valence-corrected chi connectivity index (χ2v) is 9.36. The quantitative estimate of drug-likeness (QED) is 0.515. The van der Waals surface area contributed by atoms with Crippen molar-refractivity contribution in [2.75, 3.05) is 13.4 Å². The third-order valence-electron chi connectivity index (χ3n) is 6.05. The molecule has 1 aromatic heterocycles. The monoisotopic (exact) mass is 443 g/mol. The molecule has 2 aromatic carbocycles. The molecule has 2 aliphatic rings. The van der Waals surface area contributed by atoms with E-state index in [4.69, 9.17) is 19.2 Å². The van der Waals surface area contributed by atoms with Crippen molar-refractivity contribution in [3.05, 3.63) is 64.8 Å². The Kier molecular flexibility index (Phi) is 5.16. The maximum atomic E-state index is 13.2. The first-order valence-electron chi connectivity index (χ1n) is 11.0. The number of ether oxygens (including phenoxy) is 3. The van der Waals surface area contributed by atoms with Gasteiger partial charge in [-0.1, -0.05) is 45.0 Å². The molecular weight excluding hydrogens is 418 g/mol. The van der Waals surface area contributed by atoms with Gasteiger partial charge in [-0.05, 0) is 53.8 Å². The van der Waals surface area contributed by atoms with Crippen LogP contribution >= 0.6 is 0 Å². The zero-order valence-electron chi connectivity index (χ0n) is 18.9. The number of nitrogens with zero attached hydrogens (tertiary/aromatic N) is 1. The van der Waals surface area contributed by atoms with Crippen LogP contribution in [-0.4, -0.2) is 30.1 Å². The fourth-order valence-corrected chi connectivity index (χ4v) is 4.14. The van der Waals surface area contributed by atoms with Gasteiger partial charge in [0, 0.05) is 10.8 Å². The number of carbonyl (C=O) groups excluding carboxylic acids is 2. The number of benzene rings is 2. The summed E-state index contributed by atoms with van der Waals surface area (Å²) in [5.74, 6) is 0.866. The number of esters is 1. The second kappa shape index (κ2) is 8.03. The van der Waals surface area contributed by atoms with E-state index in [9.17, 15) is 9.59 Å². The van der Waals surface area contributed by atoms with Gasteiger partial charge in [0.05, 0.1) is 16.8 Å². The van der Waals surface area contributed by atoms with E-state index < -0.39 is 11.4 Å². The van der Waals surface area contributed by atoms with Crippen LogP contribution in [0.1, 0.15) is 54.4 Å². The summed E-state index contributed by atoms with van der Waals surface area (Å²) < 4.78 is 16.4. The number of ketones is 1. The Labute approximate surface area is 192 Å². The minimum absolute atomic E-state index is 0.116. The molecule has 6 nitrogen and oxygen atoms in total. The number of hydrogen-bond donors (Lipinski definition) is 0. The molecule has 0 amide bonds. The number of fused-ring (bicyclic) bond motifs is 3. The highest BCUT2D eigenvalue weighted by Crippen LogP contribution is 2.39. The van der Waals surface area contributed by atoms with Crippen LogP contribution in [0.3, 0.4) is 0 Å². The molecule has 0 saturated heterocycles. The first-order valence-corrected chi connectivity index (χ1v) is 11.0. The Bertz CT molecular complexity index is 1320. The van der Waals surface area contributed by atoms with Crippen molar-refractivity contribution in [3.8, 4) is 11.5 Å². The second-order valence-electron chi connectivity index (χ2n) is 9.36. The Morgan fingerprint density at radius 1 is 1.06 bits per heavy atom. The molecule has 0 atom stereocenters. The van der Waals surface area contributed by atoms with Crippen molar-refractivity contribution >= 4 is 34.3 Å². The smallest absolute Gasteiger partial charge is 0.339 e. The van der Waals surface area contributed by atoms with Gasteiger partial charge in [0.25, 0.3) is 0 Å². The van der Waals surface area contributed by atoms with E-state index in [1.807, 2.05) is 63.2 Å². The maximum absolute atomic E-state index is 13.2. The van der Waals surface area contributed by atoms with Gasteiger partial charge in [-0.15, -0.1) is 0 Å². The van der Waals surface area contributed by atoms with Gasteiger partial charge in [-0.3, -0.25) is 4.79 Å². The third kappa shape index (κ3) is 3.97. The van der Waals surface area contributed by atoms with Gasteiger partial charge >= 0.3 is 5.97 Å². The van der Waals surface area contributed by atoms with Gasteiger partial charge in [0.15, 0.2) is 23.9 Å². The molecule has 33 heavy (non-hydrogen) atoms. The molecule has 0 N–H and O–H groups in total. The van der Waals surface area contributed by atoms with Crippen molar-refractivity contribution in [1.82, 2.24) is 4.98 Å². The normalized spacial score (nSPS) is 15.7. The SMILES string of the molecule is CC(C)(C)C(=O)COC(=O)c1c2c(nc3ccccc13)/C(=C\c1ccc3c(c1)OCO3)CC2. The van der Waals surface area contributed by atoms with Crippen LogP contribution < -0.4 is 9.47 Å². The average Bonchev–Trinajstić information content (AvgIpc) is 3.41. The summed E-state index contributed by atoms with van der Waals surface area (Å²) in [6, 6.07) is 13.4. The van der Waals surface area contributed by atoms with E-state index in [0.717, 1.165) is 51.2 Å². The van der Waals surface area contributed by atoms with E-state index in [0.29, 0.717) is 12.0 Å². The molecule has 3 aromatic rings. The molecule has 1 aliphatic heterocycles. The molecule has 0 bridgehead atoms. The van der Waals surface area contributed by atoms with Crippen LogP contribution in [0.4, 0.5) is 0 Å². The molecule has 0 saturated carbocycles. The lowest BCUT2D eigenvalue weighted by molar-refractivity contribution is -0.129. The number of hydrogen-bond acceptors (Lipinski definition) is 6. The Morgan fingerprint density at radius 3 is 2.67 bits per heavy atom. The predicted molar refractivity (Wildman–Crippen MR) is 125 cm³/mol. The number of allylic oxidation sites excluding steroid dienone is 1. The summed E-state index contributed by atoms with van der Waals surface area (Å²) in [4.78, 5) is 30.4. The highest BCUT2D eigenvalue weighted by Gasteiger charge is 2.29. The van der Waals surface area contributed by atoms with Crippen molar-refractivity contribution in [1.29, 1.82) is 0 Å². The first-order chi connectivity index (χ1) is 15.8. The lowest BCUT2D eigenvalue weighted by Gasteiger charge is -2.17. The summed E-state index contributed by atoms with van der Waals surface area (Å²) in [6.07, 6.45) is 3.52. The largest absolute Gasteiger partial charge is 0.454 e. The Hall–Kier alpha value is -3.67. The zero-order chi connectivity index (χ0) is 23.2. The number of aromatic nitrogens is 1. The van der Waals surface area contributed by atoms with E-state index in [-0.39, 0.29) is 19.2 Å². The van der Waals surface area contributed by atoms with Gasteiger partial charge in [-0.2, -0.15) is 0 Å². The molecule has 0 radical (unpaired) electrons. The van der Waals surface area contributed by atoms with Crippen LogP contribution in [-0.2, 0) is 16.0 Å². The molecule has 0 fully saturated rings. The summed E-state index contributed by atoms with van der Waals surface area (Å²) in [5, 5.41) is 0.744. The summed E-state index contributed by atoms with van der Waals surface area (Å²) in [7, 11) is 0. The van der Waals surface area contributed by atoms with Crippen molar-refractivity contribution in [2.24, 2.45) is 5.41 Å². The minimum Gasteiger partial charge on any atom is -0.454 e. The number of rotatable bonds is 4. The van der Waals surface area contributed by atoms with Gasteiger partial charge < -0.3 is 14.2 Å². The molecule has 0 unspecified atom stereocenters. The molecule has 2 heterocycles. The van der Waals surface area contributed by atoms with E-state index >= 15 is 0 Å². The fraction of sp³-hybridized carbons (Fsp3) is 0.296. The minimum atomic E-state index is -0.566. The summed E-state index contributed by atoms with van der Waals surface area (Å²) in [5.41, 5.74) is 4.37. The molecule has 6 heteroatoms. The Morgan fingerprint density at radius 2 is 1.85 bits per heavy atom. The van der Waals surface area contributed by atoms with Crippen molar-refractivity contribution in [3.63, 3.8) is 0 Å². The number of carbonyl (C=O) groups is 2. The van der Waals surface area contributed by atoms with Crippen LogP contribution in [0.5, 0.6) is 11.5 Å². The summed E-state index contributed by atoms with van der Waals surface area (Å²) >= 11 is 0. The third-order valence-corrected chi connectivity index (χ3v) is 6.05. The lowest BCUT2D eigenvalue weighted by atomic mass is 9.91. The highest BCUT2D eigenvalue weighted by atomic mass is 16.7. The van der Waals surface area contributed by atoms with Crippen molar-refractivity contribution in [2.45, 2.75) is 33.6 Å². The molecule has 5 rings (SSSR count).